The highest BCUT2D eigenvalue weighted by Crippen LogP contribution is 1.69. The normalized spacial score (nSPS) is 10.5. The number of amidine groups is 1. The quantitative estimate of drug-likeness (QED) is 0.177. The number of hydrogen-bond donors (Lipinski definition) is 1. The number of nitrogens with zero attached hydrogens (tertiary/aromatic N) is 1. The van der Waals surface area contributed by atoms with Crippen molar-refractivity contribution >= 4 is 12.3 Å². The van der Waals surface area contributed by atoms with E-state index in [-0.39, 0.29) is 6.47 Å². The SMILES string of the molecule is CN/C(C)=N\OC=O. The first-order valence-electron chi connectivity index (χ1n) is 2.13. The van der Waals surface area contributed by atoms with Crippen molar-refractivity contribution in [1.29, 1.82) is 0 Å². The van der Waals surface area contributed by atoms with Gasteiger partial charge in [-0.1, -0.05) is 5.16 Å². The second-order valence-corrected chi connectivity index (χ2v) is 1.13. The molecule has 0 aromatic heterocycles. The third kappa shape index (κ3) is 3.14. The lowest BCUT2D eigenvalue weighted by Gasteiger charge is -1.91. The average Bonchev–Trinajstić information content (AvgIpc) is 1.83. The zero-order chi connectivity index (χ0) is 6.41. The summed E-state index contributed by atoms with van der Waals surface area (Å²) < 4.78 is 0. The van der Waals surface area contributed by atoms with Gasteiger partial charge >= 0.3 is 6.47 Å². The number of rotatable bonds is 2. The van der Waals surface area contributed by atoms with Crippen LogP contribution < -0.4 is 5.32 Å². The predicted octanol–water partition coefficient (Wildman–Crippen LogP) is -0.288. The van der Waals surface area contributed by atoms with E-state index < -0.39 is 0 Å². The van der Waals surface area contributed by atoms with Crippen LogP contribution in [0.2, 0.25) is 0 Å². The second kappa shape index (κ2) is 4.11. The van der Waals surface area contributed by atoms with Crippen LogP contribution in [0.25, 0.3) is 0 Å². The number of nitrogens with one attached hydrogen (secondary N) is 1. The van der Waals surface area contributed by atoms with Crippen molar-refractivity contribution in [1.82, 2.24) is 5.32 Å². The molecule has 0 bridgehead atoms. The van der Waals surface area contributed by atoms with Crippen LogP contribution in [-0.2, 0) is 9.63 Å². The molecule has 0 unspecified atom stereocenters. The number of hydrogen-bond acceptors (Lipinski definition) is 3. The lowest BCUT2D eigenvalue weighted by atomic mass is 10.7. The Labute approximate surface area is 47.5 Å². The molecule has 0 atom stereocenters. The molecule has 1 N–H and O–H groups in total. The van der Waals surface area contributed by atoms with Crippen LogP contribution >= 0.6 is 0 Å². The van der Waals surface area contributed by atoms with Crippen LogP contribution in [0.4, 0.5) is 0 Å². The summed E-state index contributed by atoms with van der Waals surface area (Å²) in [6.45, 7) is 1.95. The van der Waals surface area contributed by atoms with E-state index in [0.29, 0.717) is 5.84 Å². The molecule has 0 spiro atoms. The minimum absolute atomic E-state index is 0.265. The van der Waals surface area contributed by atoms with E-state index in [2.05, 4.69) is 15.3 Å². The molecule has 8 heavy (non-hydrogen) atoms. The third-order valence-corrected chi connectivity index (χ3v) is 0.594. The van der Waals surface area contributed by atoms with Crippen LogP contribution in [0.3, 0.4) is 0 Å². The molecule has 46 valence electrons. The smallest absolute Gasteiger partial charge is 0.323 e. The average molecular weight is 116 g/mol. The fourth-order valence-corrected chi connectivity index (χ4v) is 0.146. The van der Waals surface area contributed by atoms with Gasteiger partial charge in [-0.25, -0.2) is 0 Å². The van der Waals surface area contributed by atoms with Gasteiger partial charge in [0.2, 0.25) is 0 Å². The summed E-state index contributed by atoms with van der Waals surface area (Å²) in [5.74, 6) is 0.567. The summed E-state index contributed by atoms with van der Waals surface area (Å²) in [5, 5.41) is 5.96. The van der Waals surface area contributed by atoms with Crippen molar-refractivity contribution in [3.05, 3.63) is 0 Å². The lowest BCUT2D eigenvalue weighted by Crippen LogP contribution is -2.13. The summed E-state index contributed by atoms with van der Waals surface area (Å²) in [6, 6.07) is 0. The summed E-state index contributed by atoms with van der Waals surface area (Å²) in [7, 11) is 1.69. The Morgan fingerprint density at radius 2 is 2.50 bits per heavy atom. The Hall–Kier alpha value is -1.06. The largest absolute Gasteiger partial charge is 0.374 e. The topological polar surface area (TPSA) is 50.7 Å². The maximum absolute atomic E-state index is 9.47. The van der Waals surface area contributed by atoms with Crippen LogP contribution in [0.15, 0.2) is 5.16 Å². The molecule has 0 saturated heterocycles. The molecule has 0 rings (SSSR count). The van der Waals surface area contributed by atoms with E-state index in [4.69, 9.17) is 0 Å². The van der Waals surface area contributed by atoms with Crippen molar-refractivity contribution in [2.24, 2.45) is 5.16 Å². The van der Waals surface area contributed by atoms with E-state index in [1.54, 1.807) is 14.0 Å². The minimum Gasteiger partial charge on any atom is -0.374 e. The molecular weight excluding hydrogens is 108 g/mol. The molecule has 4 heteroatoms. The predicted molar refractivity (Wildman–Crippen MR) is 29.3 cm³/mol. The highest BCUT2D eigenvalue weighted by Gasteiger charge is 1.79. The van der Waals surface area contributed by atoms with Gasteiger partial charge in [0.15, 0.2) is 0 Å². The van der Waals surface area contributed by atoms with E-state index in [1.807, 2.05) is 0 Å². The molecular formula is C4H8N2O2. The monoisotopic (exact) mass is 116 g/mol. The number of carbonyl (C=O) groups is 1. The maximum atomic E-state index is 9.47. The minimum atomic E-state index is 0.265. The molecule has 4 nitrogen and oxygen atoms in total. The molecule has 0 amide bonds. The van der Waals surface area contributed by atoms with Crippen molar-refractivity contribution in [2.75, 3.05) is 7.05 Å². The Kier molecular flexibility index (Phi) is 3.56. The first-order chi connectivity index (χ1) is 3.81. The van der Waals surface area contributed by atoms with Crippen LogP contribution in [0, 0.1) is 0 Å². The van der Waals surface area contributed by atoms with Crippen LogP contribution in [0.1, 0.15) is 6.92 Å². The van der Waals surface area contributed by atoms with Gasteiger partial charge in [0.05, 0.1) is 0 Å². The molecule has 0 aliphatic heterocycles. The summed E-state index contributed by atoms with van der Waals surface area (Å²) in [4.78, 5) is 13.5. The van der Waals surface area contributed by atoms with Gasteiger partial charge in [0, 0.05) is 7.05 Å². The molecule has 0 aliphatic carbocycles. The third-order valence-electron chi connectivity index (χ3n) is 0.594. The fraction of sp³-hybridized carbons (Fsp3) is 0.500. The van der Waals surface area contributed by atoms with Gasteiger partial charge in [-0.3, -0.25) is 4.79 Å². The van der Waals surface area contributed by atoms with Crippen LogP contribution in [0.5, 0.6) is 0 Å². The van der Waals surface area contributed by atoms with Crippen LogP contribution in [-0.4, -0.2) is 19.4 Å². The van der Waals surface area contributed by atoms with Crippen molar-refractivity contribution in [3.8, 4) is 0 Å². The molecule has 0 saturated carbocycles. The standard InChI is InChI=1S/C4H8N2O2/c1-4(5-2)6-8-3-7/h3H,1-2H3,(H,5,6). The zero-order valence-corrected chi connectivity index (χ0v) is 4.84. The summed E-state index contributed by atoms with van der Waals surface area (Å²) in [6.07, 6.45) is 0. The Bertz CT molecular complexity index is 100. The Morgan fingerprint density at radius 1 is 1.88 bits per heavy atom. The highest BCUT2D eigenvalue weighted by atomic mass is 16.7. The Balaban J connectivity index is 3.40. The first-order valence-corrected chi connectivity index (χ1v) is 2.13. The second-order valence-electron chi connectivity index (χ2n) is 1.13. The van der Waals surface area contributed by atoms with Gasteiger partial charge in [-0.15, -0.1) is 0 Å². The Morgan fingerprint density at radius 3 is 2.88 bits per heavy atom. The van der Waals surface area contributed by atoms with Gasteiger partial charge < -0.3 is 10.2 Å². The molecule has 0 aromatic carbocycles. The van der Waals surface area contributed by atoms with Gasteiger partial charge in [0.25, 0.3) is 0 Å². The molecule has 0 aliphatic rings. The first kappa shape index (κ1) is 6.94. The van der Waals surface area contributed by atoms with Crippen molar-refractivity contribution in [3.63, 3.8) is 0 Å². The van der Waals surface area contributed by atoms with Gasteiger partial charge in [-0.2, -0.15) is 0 Å². The lowest BCUT2D eigenvalue weighted by molar-refractivity contribution is -0.128. The molecule has 0 fully saturated rings. The van der Waals surface area contributed by atoms with Gasteiger partial charge in [-0.05, 0) is 6.92 Å². The number of oxime groups is 1. The highest BCUT2D eigenvalue weighted by molar-refractivity contribution is 5.78. The van der Waals surface area contributed by atoms with E-state index >= 15 is 0 Å². The fourth-order valence-electron chi connectivity index (χ4n) is 0.146. The molecule has 0 heterocycles. The molecule has 0 radical (unpaired) electrons. The van der Waals surface area contributed by atoms with E-state index in [9.17, 15) is 4.79 Å². The van der Waals surface area contributed by atoms with Crippen molar-refractivity contribution in [2.45, 2.75) is 6.92 Å². The maximum Gasteiger partial charge on any atom is 0.323 e. The van der Waals surface area contributed by atoms with Gasteiger partial charge in [0.1, 0.15) is 5.84 Å². The zero-order valence-electron chi connectivity index (χ0n) is 4.84. The number of carbonyl (C=O) groups excluding carboxylic acids is 1. The summed E-state index contributed by atoms with van der Waals surface area (Å²) in [5.41, 5.74) is 0. The summed E-state index contributed by atoms with van der Waals surface area (Å²) >= 11 is 0. The van der Waals surface area contributed by atoms with E-state index in [0.717, 1.165) is 0 Å². The van der Waals surface area contributed by atoms with Crippen molar-refractivity contribution < 1.29 is 9.63 Å². The van der Waals surface area contributed by atoms with E-state index in [1.165, 1.54) is 0 Å². The molecule has 0 aromatic rings.